The third-order valence-electron chi connectivity index (χ3n) is 8.39. The molecule has 4 nitrogen and oxygen atoms in total. The molecule has 0 radical (unpaired) electrons. The van der Waals surface area contributed by atoms with Crippen molar-refractivity contribution in [2.24, 2.45) is 5.92 Å². The molecule has 0 unspecified atom stereocenters. The fourth-order valence-electron chi connectivity index (χ4n) is 6.21. The molecule has 0 aromatic heterocycles. The largest absolute Gasteiger partial charge is 0.380 e. The van der Waals surface area contributed by atoms with Crippen molar-refractivity contribution in [3.05, 3.63) is 102 Å². The number of anilines is 1. The first-order valence-corrected chi connectivity index (χ1v) is 14.1. The molecule has 0 amide bonds. The highest BCUT2D eigenvalue weighted by Gasteiger charge is 2.41. The van der Waals surface area contributed by atoms with Gasteiger partial charge >= 0.3 is 0 Å². The van der Waals surface area contributed by atoms with Crippen LogP contribution in [0.1, 0.15) is 66.4 Å². The number of aliphatic hydroxyl groups is 1. The number of carbonyl (C=O) groups excluding carboxylic acids is 1. The Kier molecular flexibility index (Phi) is 8.38. The van der Waals surface area contributed by atoms with E-state index in [4.69, 9.17) is 0 Å². The summed E-state index contributed by atoms with van der Waals surface area (Å²) in [6.45, 7) is 5.08. The van der Waals surface area contributed by atoms with Crippen LogP contribution >= 0.6 is 0 Å². The summed E-state index contributed by atoms with van der Waals surface area (Å²) in [5.74, 6) is 0.399. The lowest BCUT2D eigenvalue weighted by Gasteiger charge is -2.42. The minimum Gasteiger partial charge on any atom is -0.380 e. The van der Waals surface area contributed by atoms with Gasteiger partial charge in [0.2, 0.25) is 0 Å². The van der Waals surface area contributed by atoms with Gasteiger partial charge in [-0.3, -0.25) is 4.79 Å². The average Bonchev–Trinajstić information content (AvgIpc) is 2.98. The number of rotatable bonds is 9. The second kappa shape index (κ2) is 12.1. The molecular weight excluding hydrogens is 456 g/mol. The van der Waals surface area contributed by atoms with Gasteiger partial charge in [0.25, 0.3) is 0 Å². The zero-order valence-corrected chi connectivity index (χ0v) is 21.9. The lowest BCUT2D eigenvalue weighted by Crippen LogP contribution is -2.44. The van der Waals surface area contributed by atoms with Gasteiger partial charge in [-0.15, -0.1) is 0 Å². The number of hydrogen-bond acceptors (Lipinski definition) is 4. The Hall–Kier alpha value is -2.95. The summed E-state index contributed by atoms with van der Waals surface area (Å²) in [5.41, 5.74) is 3.03. The number of Topliss-reactive ketones (excluding diaryl/α,β-unsaturated/α-hetero) is 1. The lowest BCUT2D eigenvalue weighted by atomic mass is 9.72. The van der Waals surface area contributed by atoms with E-state index in [2.05, 4.69) is 21.9 Å². The molecule has 1 N–H and O–H groups in total. The summed E-state index contributed by atoms with van der Waals surface area (Å²) in [6.07, 6.45) is 7.18. The molecule has 5 rings (SSSR count). The number of benzene rings is 3. The zero-order chi connectivity index (χ0) is 25.5. The number of piperidine rings is 2. The molecule has 2 heterocycles. The molecule has 2 fully saturated rings. The maximum Gasteiger partial charge on any atom is 0.162 e. The molecule has 2 saturated heterocycles. The Bertz CT molecular complexity index is 1080. The Morgan fingerprint density at radius 3 is 1.89 bits per heavy atom. The predicted molar refractivity (Wildman–Crippen MR) is 151 cm³/mol. The van der Waals surface area contributed by atoms with Gasteiger partial charge in [0.05, 0.1) is 0 Å². The molecule has 0 saturated carbocycles. The van der Waals surface area contributed by atoms with Crippen LogP contribution in [0.25, 0.3) is 0 Å². The summed E-state index contributed by atoms with van der Waals surface area (Å²) in [7, 11) is 0. The maximum absolute atomic E-state index is 12.8. The molecule has 0 bridgehead atoms. The number of nitrogens with zero attached hydrogens (tertiary/aromatic N) is 2. The summed E-state index contributed by atoms with van der Waals surface area (Å²) in [5, 5.41) is 12.1. The van der Waals surface area contributed by atoms with Gasteiger partial charge in [-0.2, -0.15) is 0 Å². The van der Waals surface area contributed by atoms with E-state index in [1.165, 1.54) is 24.9 Å². The summed E-state index contributed by atoms with van der Waals surface area (Å²) < 4.78 is 0. The van der Waals surface area contributed by atoms with Crippen LogP contribution in [0.3, 0.4) is 0 Å². The minimum atomic E-state index is -0.981. The van der Waals surface area contributed by atoms with Crippen molar-refractivity contribution < 1.29 is 9.90 Å². The third-order valence-corrected chi connectivity index (χ3v) is 8.39. The van der Waals surface area contributed by atoms with Gasteiger partial charge in [0.15, 0.2) is 5.78 Å². The van der Waals surface area contributed by atoms with Crippen LogP contribution in [0, 0.1) is 5.92 Å². The van der Waals surface area contributed by atoms with Crippen LogP contribution in [0.2, 0.25) is 0 Å². The fraction of sp³-hybridized carbons (Fsp3) is 0.424. The zero-order valence-electron chi connectivity index (χ0n) is 21.9. The molecule has 0 spiro atoms. The molecule has 0 aliphatic carbocycles. The Balaban J connectivity index is 1.13. The highest BCUT2D eigenvalue weighted by Crippen LogP contribution is 2.41. The average molecular weight is 497 g/mol. The Morgan fingerprint density at radius 1 is 0.757 bits per heavy atom. The quantitative estimate of drug-likeness (QED) is 0.354. The van der Waals surface area contributed by atoms with Crippen LogP contribution in [0.15, 0.2) is 84.9 Å². The maximum atomic E-state index is 12.8. The lowest BCUT2D eigenvalue weighted by molar-refractivity contribution is -0.0142. The van der Waals surface area contributed by atoms with Gasteiger partial charge in [-0.05, 0) is 99.5 Å². The molecule has 2 aliphatic rings. The molecule has 194 valence electrons. The summed E-state index contributed by atoms with van der Waals surface area (Å²) >= 11 is 0. The SMILES string of the molecule is O=C(CCCN1CCC(C(O)(c2ccccc2)c2ccccc2)CC1)c1ccc(N2CCCCC2)cc1. The molecule has 37 heavy (non-hydrogen) atoms. The van der Waals surface area contributed by atoms with Gasteiger partial charge in [0, 0.05) is 30.8 Å². The second-order valence-corrected chi connectivity index (χ2v) is 10.7. The van der Waals surface area contributed by atoms with E-state index in [1.54, 1.807) is 0 Å². The van der Waals surface area contributed by atoms with Crippen LogP contribution in [-0.2, 0) is 5.60 Å². The standard InChI is InChI=1S/C33H40N2O2/c36-32(27-16-18-31(19-17-27)35-23-8-3-9-24-35)15-10-22-34-25-20-30(21-26-34)33(37,28-11-4-1-5-12-28)29-13-6-2-7-14-29/h1-2,4-7,11-14,16-19,30,37H,3,8-10,15,20-26H2. The molecule has 2 aliphatic heterocycles. The van der Waals surface area contributed by atoms with Crippen molar-refractivity contribution in [3.8, 4) is 0 Å². The van der Waals surface area contributed by atoms with Crippen LogP contribution in [-0.4, -0.2) is 48.5 Å². The van der Waals surface area contributed by atoms with E-state index in [9.17, 15) is 9.90 Å². The van der Waals surface area contributed by atoms with Gasteiger partial charge in [0.1, 0.15) is 5.60 Å². The topological polar surface area (TPSA) is 43.8 Å². The number of likely N-dealkylation sites (tertiary alicyclic amines) is 1. The Labute approximate surface area is 221 Å². The first-order chi connectivity index (χ1) is 18.1. The van der Waals surface area contributed by atoms with Crippen molar-refractivity contribution in [2.75, 3.05) is 37.6 Å². The number of ketones is 1. The van der Waals surface area contributed by atoms with Gasteiger partial charge in [-0.1, -0.05) is 60.7 Å². The fourth-order valence-corrected chi connectivity index (χ4v) is 6.21. The molecule has 3 aromatic rings. The first-order valence-electron chi connectivity index (χ1n) is 14.1. The van der Waals surface area contributed by atoms with Crippen molar-refractivity contribution in [1.82, 2.24) is 4.90 Å². The number of hydrogen-bond donors (Lipinski definition) is 1. The van der Waals surface area contributed by atoms with Gasteiger partial charge < -0.3 is 14.9 Å². The van der Waals surface area contributed by atoms with Crippen molar-refractivity contribution in [1.29, 1.82) is 0 Å². The monoisotopic (exact) mass is 496 g/mol. The number of carbonyl (C=O) groups is 1. The highest BCUT2D eigenvalue weighted by atomic mass is 16.3. The van der Waals surface area contributed by atoms with Crippen molar-refractivity contribution in [3.63, 3.8) is 0 Å². The van der Waals surface area contributed by atoms with Crippen LogP contribution in [0.5, 0.6) is 0 Å². The van der Waals surface area contributed by atoms with Crippen molar-refractivity contribution >= 4 is 11.5 Å². The molecule has 0 atom stereocenters. The molecule has 3 aromatic carbocycles. The Morgan fingerprint density at radius 2 is 1.32 bits per heavy atom. The molecule has 4 heteroatoms. The van der Waals surface area contributed by atoms with Crippen molar-refractivity contribution in [2.45, 2.75) is 50.5 Å². The highest BCUT2D eigenvalue weighted by molar-refractivity contribution is 5.96. The predicted octanol–water partition coefficient (Wildman–Crippen LogP) is 6.29. The third kappa shape index (κ3) is 5.97. The van der Waals surface area contributed by atoms with E-state index in [-0.39, 0.29) is 11.7 Å². The normalized spacial score (nSPS) is 17.6. The van der Waals surface area contributed by atoms with E-state index in [0.29, 0.717) is 6.42 Å². The first kappa shape index (κ1) is 25.7. The van der Waals surface area contributed by atoms with E-state index in [1.807, 2.05) is 72.8 Å². The second-order valence-electron chi connectivity index (χ2n) is 10.7. The molecular formula is C33H40N2O2. The van der Waals surface area contributed by atoms with E-state index >= 15 is 0 Å². The van der Waals surface area contributed by atoms with Crippen LogP contribution < -0.4 is 4.90 Å². The summed E-state index contributed by atoms with van der Waals surface area (Å²) in [4.78, 5) is 17.7. The van der Waals surface area contributed by atoms with E-state index in [0.717, 1.165) is 68.7 Å². The summed E-state index contributed by atoms with van der Waals surface area (Å²) in [6, 6.07) is 28.5. The smallest absolute Gasteiger partial charge is 0.162 e. The van der Waals surface area contributed by atoms with Crippen LogP contribution in [0.4, 0.5) is 5.69 Å². The minimum absolute atomic E-state index is 0.161. The van der Waals surface area contributed by atoms with Gasteiger partial charge in [-0.25, -0.2) is 0 Å². The van der Waals surface area contributed by atoms with E-state index < -0.39 is 5.60 Å².